The number of hydrogen-bond acceptors (Lipinski definition) is 6. The van der Waals surface area contributed by atoms with E-state index in [-0.39, 0.29) is 23.5 Å². The second-order valence-electron chi connectivity index (χ2n) is 10.1. The molecule has 0 saturated heterocycles. The maximum absolute atomic E-state index is 14.1. The number of aryl methyl sites for hydroxylation is 1. The molecule has 0 atom stereocenters. The zero-order chi connectivity index (χ0) is 27.4. The van der Waals surface area contributed by atoms with Crippen molar-refractivity contribution in [3.63, 3.8) is 0 Å². The second-order valence-corrected chi connectivity index (χ2v) is 10.1. The van der Waals surface area contributed by atoms with Crippen LogP contribution in [0.15, 0.2) is 59.7 Å². The van der Waals surface area contributed by atoms with Gasteiger partial charge in [-0.2, -0.15) is 15.3 Å². The zero-order valence-electron chi connectivity index (χ0n) is 22.5. The molecule has 0 radical (unpaired) electrons. The number of rotatable bonds is 8. The molecule has 1 saturated carbocycles. The quantitative estimate of drug-likeness (QED) is 0.292. The van der Waals surface area contributed by atoms with Crippen LogP contribution in [0, 0.1) is 17.2 Å². The molecular formula is C31H33N5O3. The SMILES string of the molecule is CCCc1c(Cc2ccc(-c3ccccc3C#N)cc2)c(=O)n(C2CCC(C(=O)OCC)CC2)c2ncnn12. The summed E-state index contributed by atoms with van der Waals surface area (Å²) in [5.41, 5.74) is 5.10. The standard InChI is InChI=1S/C31H33N5O3/c1-3-7-28-27(18-21-10-12-22(13-11-21)26-9-6-5-8-24(26)19-32)29(37)35(31-33-20-34-36(28)31)25-16-14-23(15-17-25)30(38)39-4-2/h5-6,8-13,20,23,25H,3-4,7,14-18H2,1-2H3. The molecule has 2 heterocycles. The predicted molar refractivity (Wildman–Crippen MR) is 148 cm³/mol. The van der Waals surface area contributed by atoms with Gasteiger partial charge in [0, 0.05) is 18.0 Å². The molecule has 5 rings (SSSR count). The molecule has 0 unspecified atom stereocenters. The third-order valence-electron chi connectivity index (χ3n) is 7.69. The highest BCUT2D eigenvalue weighted by Crippen LogP contribution is 2.33. The van der Waals surface area contributed by atoms with Crippen LogP contribution in [-0.2, 0) is 22.4 Å². The summed E-state index contributed by atoms with van der Waals surface area (Å²) in [4.78, 5) is 30.9. The van der Waals surface area contributed by atoms with E-state index in [1.165, 1.54) is 6.33 Å². The van der Waals surface area contributed by atoms with Crippen LogP contribution in [0.1, 0.15) is 74.4 Å². The summed E-state index contributed by atoms with van der Waals surface area (Å²) >= 11 is 0. The van der Waals surface area contributed by atoms with Crippen molar-refractivity contribution in [3.8, 4) is 17.2 Å². The number of benzene rings is 2. The summed E-state index contributed by atoms with van der Waals surface area (Å²) in [6.07, 6.45) is 6.38. The largest absolute Gasteiger partial charge is 0.466 e. The molecule has 0 aliphatic heterocycles. The summed E-state index contributed by atoms with van der Waals surface area (Å²) < 4.78 is 8.87. The number of nitriles is 1. The molecular weight excluding hydrogens is 490 g/mol. The molecule has 1 fully saturated rings. The number of fused-ring (bicyclic) bond motifs is 1. The van der Waals surface area contributed by atoms with Crippen LogP contribution >= 0.6 is 0 Å². The highest BCUT2D eigenvalue weighted by atomic mass is 16.5. The minimum absolute atomic E-state index is 0.0302. The third kappa shape index (κ3) is 5.22. The third-order valence-corrected chi connectivity index (χ3v) is 7.69. The van der Waals surface area contributed by atoms with Crippen LogP contribution in [0.3, 0.4) is 0 Å². The van der Waals surface area contributed by atoms with Gasteiger partial charge in [0.25, 0.3) is 5.56 Å². The number of aromatic nitrogens is 4. The Kier molecular flexibility index (Phi) is 7.87. The zero-order valence-corrected chi connectivity index (χ0v) is 22.5. The van der Waals surface area contributed by atoms with Gasteiger partial charge in [0.05, 0.1) is 29.9 Å². The molecule has 2 aromatic carbocycles. The average molecular weight is 524 g/mol. The van der Waals surface area contributed by atoms with E-state index in [4.69, 9.17) is 4.74 Å². The first kappa shape index (κ1) is 26.4. The van der Waals surface area contributed by atoms with Crippen LogP contribution in [0.5, 0.6) is 0 Å². The molecule has 1 aliphatic carbocycles. The lowest BCUT2D eigenvalue weighted by atomic mass is 9.86. The lowest BCUT2D eigenvalue weighted by molar-refractivity contribution is -0.149. The predicted octanol–water partition coefficient (Wildman–Crippen LogP) is 5.27. The Morgan fingerprint density at radius 1 is 1.08 bits per heavy atom. The summed E-state index contributed by atoms with van der Waals surface area (Å²) in [6.45, 7) is 4.30. The molecule has 1 aliphatic rings. The topological polar surface area (TPSA) is 102 Å². The van der Waals surface area contributed by atoms with E-state index < -0.39 is 0 Å². The summed E-state index contributed by atoms with van der Waals surface area (Å²) in [5.74, 6) is 0.306. The Hall–Kier alpha value is -4.25. The maximum atomic E-state index is 14.1. The van der Waals surface area contributed by atoms with Crippen LogP contribution in [-0.4, -0.2) is 31.7 Å². The van der Waals surface area contributed by atoms with E-state index in [0.717, 1.165) is 34.4 Å². The fraction of sp³-hybridized carbons (Fsp3) is 0.387. The molecule has 2 aromatic heterocycles. The number of carbonyl (C=O) groups is 1. The van der Waals surface area contributed by atoms with Gasteiger partial charge in [-0.3, -0.25) is 14.2 Å². The molecule has 4 aromatic rings. The summed E-state index contributed by atoms with van der Waals surface area (Å²) in [5, 5.41) is 14.0. The van der Waals surface area contributed by atoms with Crippen molar-refractivity contribution in [2.45, 2.75) is 64.8 Å². The summed E-state index contributed by atoms with van der Waals surface area (Å²) in [6, 6.07) is 17.8. The van der Waals surface area contributed by atoms with Crippen molar-refractivity contribution in [1.29, 1.82) is 5.26 Å². The highest BCUT2D eigenvalue weighted by molar-refractivity contribution is 5.72. The first-order valence-electron chi connectivity index (χ1n) is 13.8. The molecule has 8 nitrogen and oxygen atoms in total. The number of hydrogen-bond donors (Lipinski definition) is 0. The van der Waals surface area contributed by atoms with E-state index in [9.17, 15) is 14.9 Å². The molecule has 0 bridgehead atoms. The Morgan fingerprint density at radius 3 is 2.51 bits per heavy atom. The van der Waals surface area contributed by atoms with Gasteiger partial charge in [-0.25, -0.2) is 4.52 Å². The first-order chi connectivity index (χ1) is 19.0. The Balaban J connectivity index is 1.49. The number of esters is 1. The van der Waals surface area contributed by atoms with Gasteiger partial charge in [0.15, 0.2) is 0 Å². The minimum atomic E-state index is -0.143. The van der Waals surface area contributed by atoms with Crippen LogP contribution in [0.25, 0.3) is 16.9 Å². The van der Waals surface area contributed by atoms with Gasteiger partial charge in [-0.1, -0.05) is 55.8 Å². The van der Waals surface area contributed by atoms with Crippen molar-refractivity contribution in [2.75, 3.05) is 6.61 Å². The van der Waals surface area contributed by atoms with E-state index in [0.29, 0.717) is 56.5 Å². The number of nitrogens with zero attached hydrogens (tertiary/aromatic N) is 5. The van der Waals surface area contributed by atoms with Crippen molar-refractivity contribution in [2.24, 2.45) is 5.92 Å². The van der Waals surface area contributed by atoms with Crippen LogP contribution in [0.2, 0.25) is 0 Å². The average Bonchev–Trinajstić information content (AvgIpc) is 3.45. The first-order valence-corrected chi connectivity index (χ1v) is 13.8. The molecule has 39 heavy (non-hydrogen) atoms. The second kappa shape index (κ2) is 11.6. The lowest BCUT2D eigenvalue weighted by Crippen LogP contribution is -2.35. The van der Waals surface area contributed by atoms with Crippen LogP contribution < -0.4 is 5.56 Å². The molecule has 0 spiro atoms. The lowest BCUT2D eigenvalue weighted by Gasteiger charge is -2.29. The van der Waals surface area contributed by atoms with E-state index in [1.54, 1.807) is 4.57 Å². The van der Waals surface area contributed by atoms with Crippen molar-refractivity contribution in [1.82, 2.24) is 19.2 Å². The van der Waals surface area contributed by atoms with E-state index in [1.807, 2.05) is 60.0 Å². The van der Waals surface area contributed by atoms with Crippen molar-refractivity contribution < 1.29 is 9.53 Å². The monoisotopic (exact) mass is 523 g/mol. The number of ether oxygens (including phenoxy) is 1. The Bertz CT molecular complexity index is 1570. The Labute approximate surface area is 227 Å². The molecule has 0 amide bonds. The van der Waals surface area contributed by atoms with Gasteiger partial charge >= 0.3 is 5.97 Å². The van der Waals surface area contributed by atoms with Crippen molar-refractivity contribution >= 4 is 11.7 Å². The van der Waals surface area contributed by atoms with Crippen molar-refractivity contribution in [3.05, 3.63) is 87.6 Å². The van der Waals surface area contributed by atoms with Gasteiger partial charge in [0.1, 0.15) is 6.33 Å². The fourth-order valence-electron chi connectivity index (χ4n) is 5.75. The summed E-state index contributed by atoms with van der Waals surface area (Å²) in [7, 11) is 0. The molecule has 0 N–H and O–H groups in total. The normalized spacial score (nSPS) is 17.2. The maximum Gasteiger partial charge on any atom is 0.308 e. The fourth-order valence-corrected chi connectivity index (χ4v) is 5.75. The minimum Gasteiger partial charge on any atom is -0.466 e. The van der Waals surface area contributed by atoms with Gasteiger partial charge in [0.2, 0.25) is 5.78 Å². The van der Waals surface area contributed by atoms with Gasteiger partial charge in [-0.05, 0) is 61.8 Å². The molecule has 8 heteroatoms. The van der Waals surface area contributed by atoms with E-state index >= 15 is 0 Å². The van der Waals surface area contributed by atoms with Gasteiger partial charge < -0.3 is 4.74 Å². The smallest absolute Gasteiger partial charge is 0.308 e. The van der Waals surface area contributed by atoms with Crippen LogP contribution in [0.4, 0.5) is 0 Å². The molecule has 200 valence electrons. The highest BCUT2D eigenvalue weighted by Gasteiger charge is 2.31. The van der Waals surface area contributed by atoms with Gasteiger partial charge in [-0.15, -0.1) is 0 Å². The van der Waals surface area contributed by atoms with E-state index in [2.05, 4.69) is 23.1 Å². The number of carbonyl (C=O) groups excluding carboxylic acids is 1. The Morgan fingerprint density at radius 2 is 1.82 bits per heavy atom.